The predicted octanol–water partition coefficient (Wildman–Crippen LogP) is 5.14. The topological polar surface area (TPSA) is 94.3 Å². The van der Waals surface area contributed by atoms with Crippen molar-refractivity contribution in [2.24, 2.45) is 0 Å². The normalized spacial score (nSPS) is 10.9. The number of aryl methyl sites for hydroxylation is 2. The standard InChI is InChI=1S/C26H21ClN6O2/c1-16-12-20(13-17(2)25(16)27)35-15-24(34)29-19-7-5-6-18(14-19)21-9-10-23-30-31-26(33(23)32-21)22-8-3-4-11-28-22/h3-14H,15H2,1-2H3,(H,29,34). The number of fused-ring (bicyclic) bond motifs is 1. The fraction of sp³-hybridized carbons (Fsp3) is 0.115. The van der Waals surface area contributed by atoms with Gasteiger partial charge in [-0.1, -0.05) is 29.8 Å². The summed E-state index contributed by atoms with van der Waals surface area (Å²) in [5.41, 5.74) is 5.26. The zero-order chi connectivity index (χ0) is 24.4. The molecule has 5 rings (SSSR count). The summed E-state index contributed by atoms with van der Waals surface area (Å²) in [4.78, 5) is 16.9. The Morgan fingerprint density at radius 3 is 2.57 bits per heavy atom. The molecule has 0 saturated heterocycles. The first kappa shape index (κ1) is 22.5. The van der Waals surface area contributed by atoms with Gasteiger partial charge in [-0.25, -0.2) is 0 Å². The summed E-state index contributed by atoms with van der Waals surface area (Å²) in [6.07, 6.45) is 1.70. The number of nitrogens with zero attached hydrogens (tertiary/aromatic N) is 5. The van der Waals surface area contributed by atoms with Gasteiger partial charge in [0.25, 0.3) is 5.91 Å². The molecule has 0 aliphatic heterocycles. The monoisotopic (exact) mass is 484 g/mol. The van der Waals surface area contributed by atoms with E-state index in [0.29, 0.717) is 39.3 Å². The number of aromatic nitrogens is 5. The van der Waals surface area contributed by atoms with Crippen molar-refractivity contribution in [3.05, 3.63) is 89.1 Å². The van der Waals surface area contributed by atoms with Crippen molar-refractivity contribution in [2.75, 3.05) is 11.9 Å². The largest absolute Gasteiger partial charge is 0.484 e. The molecule has 0 aliphatic rings. The molecule has 0 saturated carbocycles. The number of pyridine rings is 1. The Labute approximate surface area is 206 Å². The predicted molar refractivity (Wildman–Crippen MR) is 134 cm³/mol. The summed E-state index contributed by atoms with van der Waals surface area (Å²) < 4.78 is 7.32. The Balaban J connectivity index is 1.33. The Morgan fingerprint density at radius 2 is 1.80 bits per heavy atom. The first-order valence-corrected chi connectivity index (χ1v) is 11.3. The van der Waals surface area contributed by atoms with Crippen LogP contribution in [0.15, 0.2) is 72.9 Å². The second-order valence-corrected chi connectivity index (χ2v) is 8.39. The van der Waals surface area contributed by atoms with Crippen molar-refractivity contribution in [3.8, 4) is 28.5 Å². The van der Waals surface area contributed by atoms with E-state index in [9.17, 15) is 4.79 Å². The first-order valence-electron chi connectivity index (χ1n) is 10.9. The number of halogens is 1. The summed E-state index contributed by atoms with van der Waals surface area (Å²) in [7, 11) is 0. The highest BCUT2D eigenvalue weighted by molar-refractivity contribution is 6.32. The maximum Gasteiger partial charge on any atom is 0.262 e. The quantitative estimate of drug-likeness (QED) is 0.358. The Morgan fingerprint density at radius 1 is 0.971 bits per heavy atom. The van der Waals surface area contributed by atoms with Crippen LogP contribution >= 0.6 is 11.6 Å². The molecular weight excluding hydrogens is 464 g/mol. The lowest BCUT2D eigenvalue weighted by molar-refractivity contribution is -0.118. The maximum atomic E-state index is 12.5. The minimum absolute atomic E-state index is 0.122. The van der Waals surface area contributed by atoms with Crippen molar-refractivity contribution in [3.63, 3.8) is 0 Å². The number of anilines is 1. The van der Waals surface area contributed by atoms with Crippen molar-refractivity contribution >= 4 is 28.8 Å². The molecule has 0 atom stereocenters. The molecular formula is C26H21ClN6O2. The number of benzene rings is 2. The summed E-state index contributed by atoms with van der Waals surface area (Å²) in [6.45, 7) is 3.68. The SMILES string of the molecule is Cc1cc(OCC(=O)Nc2cccc(-c3ccc4nnc(-c5ccccn5)n4n3)c2)cc(C)c1Cl. The zero-order valence-corrected chi connectivity index (χ0v) is 19.8. The highest BCUT2D eigenvalue weighted by Gasteiger charge is 2.12. The fourth-order valence-electron chi connectivity index (χ4n) is 3.69. The van der Waals surface area contributed by atoms with Crippen LogP contribution in [0.3, 0.4) is 0 Å². The first-order chi connectivity index (χ1) is 17.0. The fourth-order valence-corrected chi connectivity index (χ4v) is 3.80. The molecule has 0 bridgehead atoms. The van der Waals surface area contributed by atoms with Gasteiger partial charge in [-0.2, -0.15) is 9.61 Å². The van der Waals surface area contributed by atoms with Gasteiger partial charge in [0.2, 0.25) is 5.82 Å². The van der Waals surface area contributed by atoms with Crippen molar-refractivity contribution in [2.45, 2.75) is 13.8 Å². The molecule has 0 fully saturated rings. The highest BCUT2D eigenvalue weighted by atomic mass is 35.5. The summed E-state index contributed by atoms with van der Waals surface area (Å²) in [5, 5.41) is 16.7. The molecule has 0 aliphatic carbocycles. The van der Waals surface area contributed by atoms with E-state index in [1.54, 1.807) is 10.7 Å². The van der Waals surface area contributed by atoms with Gasteiger partial charge in [-0.15, -0.1) is 10.2 Å². The smallest absolute Gasteiger partial charge is 0.262 e. The number of hydrogen-bond donors (Lipinski definition) is 1. The molecule has 8 nitrogen and oxygen atoms in total. The average Bonchev–Trinajstić information content (AvgIpc) is 3.30. The lowest BCUT2D eigenvalue weighted by Gasteiger charge is -2.11. The van der Waals surface area contributed by atoms with Gasteiger partial charge in [0, 0.05) is 22.5 Å². The van der Waals surface area contributed by atoms with Crippen LogP contribution in [0.2, 0.25) is 5.02 Å². The zero-order valence-electron chi connectivity index (χ0n) is 19.1. The molecule has 35 heavy (non-hydrogen) atoms. The van der Waals surface area contributed by atoms with E-state index in [4.69, 9.17) is 21.4 Å². The van der Waals surface area contributed by atoms with Crippen molar-refractivity contribution in [1.29, 1.82) is 0 Å². The summed E-state index contributed by atoms with van der Waals surface area (Å²) in [6, 6.07) is 20.4. The van der Waals surface area contributed by atoms with E-state index in [-0.39, 0.29) is 12.5 Å². The maximum absolute atomic E-state index is 12.5. The number of hydrogen-bond acceptors (Lipinski definition) is 6. The minimum atomic E-state index is -0.271. The van der Waals surface area contributed by atoms with Crippen LogP contribution < -0.4 is 10.1 Å². The van der Waals surface area contributed by atoms with Crippen molar-refractivity contribution < 1.29 is 9.53 Å². The van der Waals surface area contributed by atoms with Crippen LogP contribution in [-0.2, 0) is 4.79 Å². The van der Waals surface area contributed by atoms with Gasteiger partial charge in [0.05, 0.1) is 5.69 Å². The molecule has 3 heterocycles. The van der Waals surface area contributed by atoms with E-state index < -0.39 is 0 Å². The lowest BCUT2D eigenvalue weighted by Crippen LogP contribution is -2.20. The average molecular weight is 485 g/mol. The Kier molecular flexibility index (Phi) is 6.12. The van der Waals surface area contributed by atoms with Crippen LogP contribution in [-0.4, -0.2) is 37.3 Å². The lowest BCUT2D eigenvalue weighted by atomic mass is 10.1. The third kappa shape index (κ3) is 4.83. The van der Waals surface area contributed by atoms with Crippen LogP contribution in [0.5, 0.6) is 5.75 Å². The van der Waals surface area contributed by atoms with Gasteiger partial charge in [0.1, 0.15) is 11.4 Å². The second-order valence-electron chi connectivity index (χ2n) is 8.02. The van der Waals surface area contributed by atoms with Crippen LogP contribution in [0.25, 0.3) is 28.4 Å². The van der Waals surface area contributed by atoms with Gasteiger partial charge >= 0.3 is 0 Å². The van der Waals surface area contributed by atoms with Gasteiger partial charge in [-0.05, 0) is 73.5 Å². The number of carbonyl (C=O) groups is 1. The van der Waals surface area contributed by atoms with Crippen LogP contribution in [0, 0.1) is 13.8 Å². The van der Waals surface area contributed by atoms with Gasteiger partial charge in [-0.3, -0.25) is 9.78 Å². The molecule has 2 aromatic carbocycles. The third-order valence-electron chi connectivity index (χ3n) is 5.38. The van der Waals surface area contributed by atoms with Crippen molar-refractivity contribution in [1.82, 2.24) is 24.8 Å². The molecule has 9 heteroatoms. The number of carbonyl (C=O) groups excluding carboxylic acids is 1. The number of rotatable bonds is 6. The molecule has 0 radical (unpaired) electrons. The minimum Gasteiger partial charge on any atom is -0.484 e. The number of ether oxygens (including phenoxy) is 1. The van der Waals surface area contributed by atoms with E-state index in [2.05, 4.69) is 20.5 Å². The van der Waals surface area contributed by atoms with Gasteiger partial charge < -0.3 is 10.1 Å². The molecule has 0 unspecified atom stereocenters. The van der Waals surface area contributed by atoms with E-state index >= 15 is 0 Å². The molecule has 3 aromatic heterocycles. The molecule has 5 aromatic rings. The van der Waals surface area contributed by atoms with E-state index in [1.807, 2.05) is 80.6 Å². The number of nitrogens with one attached hydrogen (secondary N) is 1. The molecule has 1 N–H and O–H groups in total. The molecule has 174 valence electrons. The van der Waals surface area contributed by atoms with Crippen LogP contribution in [0.4, 0.5) is 5.69 Å². The van der Waals surface area contributed by atoms with Crippen LogP contribution in [0.1, 0.15) is 11.1 Å². The summed E-state index contributed by atoms with van der Waals surface area (Å²) in [5.74, 6) is 0.882. The molecule has 1 amide bonds. The van der Waals surface area contributed by atoms with E-state index in [0.717, 1.165) is 16.7 Å². The van der Waals surface area contributed by atoms with Gasteiger partial charge in [0.15, 0.2) is 12.3 Å². The Hall–Kier alpha value is -4.30. The third-order valence-corrected chi connectivity index (χ3v) is 5.97. The molecule has 0 spiro atoms. The number of amides is 1. The Bertz CT molecular complexity index is 1510. The summed E-state index contributed by atoms with van der Waals surface area (Å²) >= 11 is 6.20. The van der Waals surface area contributed by atoms with E-state index in [1.165, 1.54) is 0 Å². The highest BCUT2D eigenvalue weighted by Crippen LogP contribution is 2.26. The second kappa shape index (κ2) is 9.52.